The van der Waals surface area contributed by atoms with Crippen LogP contribution in [0.4, 0.5) is 0 Å². The van der Waals surface area contributed by atoms with E-state index in [1.165, 1.54) is 53.6 Å². The fraction of sp³-hybridized carbons (Fsp3) is 0.318. The van der Waals surface area contributed by atoms with Crippen molar-refractivity contribution in [2.24, 2.45) is 0 Å². The molecule has 3 aromatic rings. The monoisotopic (exact) mass is 396 g/mol. The number of nitrogens with zero attached hydrogens (tertiary/aromatic N) is 2. The Kier molecular flexibility index (Phi) is 5.74. The zero-order chi connectivity index (χ0) is 16.4. The summed E-state index contributed by atoms with van der Waals surface area (Å²) in [4.78, 5) is 0. The maximum Gasteiger partial charge on any atom is 0.248 e. The first-order chi connectivity index (χ1) is 11.8. The van der Waals surface area contributed by atoms with Gasteiger partial charge in [0.2, 0.25) is 6.33 Å². The Morgan fingerprint density at radius 2 is 1.80 bits per heavy atom. The zero-order valence-corrected chi connectivity index (χ0v) is 16.4. The first-order valence-corrected chi connectivity index (χ1v) is 9.14. The fourth-order valence-corrected chi connectivity index (χ4v) is 3.69. The molecule has 2 nitrogen and oxygen atoms in total. The Balaban J connectivity index is 0.00000182. The van der Waals surface area contributed by atoms with Crippen LogP contribution in [0, 0.1) is 0 Å². The third kappa shape index (κ3) is 3.72. The number of aromatic nitrogens is 2. The maximum absolute atomic E-state index is 2.34. The molecule has 0 saturated heterocycles. The van der Waals surface area contributed by atoms with Crippen LogP contribution >= 0.6 is 0 Å². The molecule has 0 N–H and O–H groups in total. The Morgan fingerprint density at radius 3 is 2.68 bits per heavy atom. The van der Waals surface area contributed by atoms with Gasteiger partial charge in [0.05, 0.1) is 6.54 Å². The number of halogens is 1. The maximum atomic E-state index is 2.34. The molecule has 2 aromatic carbocycles. The van der Waals surface area contributed by atoms with Crippen molar-refractivity contribution in [1.82, 2.24) is 4.57 Å². The van der Waals surface area contributed by atoms with Crippen LogP contribution in [-0.4, -0.2) is 4.57 Å². The molecule has 0 spiro atoms. The summed E-state index contributed by atoms with van der Waals surface area (Å²) in [6.07, 6.45) is 12.9. The number of aryl methyl sites for hydroxylation is 1. The van der Waals surface area contributed by atoms with E-state index in [2.05, 4.69) is 77.2 Å². The molecule has 0 bridgehead atoms. The number of unbranched alkanes of at least 4 members (excludes halogenated alkanes) is 3. The molecule has 3 heteroatoms. The average Bonchev–Trinajstić information content (AvgIpc) is 3.22. The molecule has 0 atom stereocenters. The van der Waals surface area contributed by atoms with E-state index >= 15 is 0 Å². The second kappa shape index (κ2) is 8.01. The average molecular weight is 397 g/mol. The summed E-state index contributed by atoms with van der Waals surface area (Å²) in [5, 5.41) is 0. The van der Waals surface area contributed by atoms with Crippen LogP contribution in [0.5, 0.6) is 0 Å². The fourth-order valence-electron chi connectivity index (χ4n) is 3.69. The van der Waals surface area contributed by atoms with Gasteiger partial charge in [-0.1, -0.05) is 44.0 Å². The molecule has 25 heavy (non-hydrogen) atoms. The summed E-state index contributed by atoms with van der Waals surface area (Å²) in [6, 6.07) is 15.6. The minimum Gasteiger partial charge on any atom is -1.00 e. The molecule has 0 unspecified atom stereocenters. The number of benzene rings is 2. The normalized spacial score (nSPS) is 11.7. The predicted octanol–water partition coefficient (Wildman–Crippen LogP) is 1.92. The van der Waals surface area contributed by atoms with Crippen molar-refractivity contribution in [3.63, 3.8) is 0 Å². The first-order valence-electron chi connectivity index (χ1n) is 9.14. The molecule has 1 heterocycles. The largest absolute Gasteiger partial charge is 1.00 e. The van der Waals surface area contributed by atoms with E-state index in [0.717, 1.165) is 13.0 Å². The molecule has 4 rings (SSSR count). The number of rotatable bonds is 6. The van der Waals surface area contributed by atoms with Gasteiger partial charge in [-0.25, -0.2) is 9.13 Å². The van der Waals surface area contributed by atoms with Crippen LogP contribution in [0.25, 0.3) is 16.8 Å². The van der Waals surface area contributed by atoms with Crippen LogP contribution in [0.3, 0.4) is 0 Å². The minimum absolute atomic E-state index is 0. The van der Waals surface area contributed by atoms with Crippen molar-refractivity contribution < 1.29 is 21.5 Å². The lowest BCUT2D eigenvalue weighted by Crippen LogP contribution is -3.00. The summed E-state index contributed by atoms with van der Waals surface area (Å²) in [5.74, 6) is 0. The number of fused-ring (bicyclic) bond motifs is 3. The van der Waals surface area contributed by atoms with Crippen molar-refractivity contribution in [3.05, 3.63) is 72.3 Å². The van der Waals surface area contributed by atoms with Crippen LogP contribution in [-0.2, 0) is 13.0 Å². The first kappa shape index (κ1) is 17.9. The van der Waals surface area contributed by atoms with Gasteiger partial charge in [-0.3, -0.25) is 0 Å². The molecule has 0 amide bonds. The second-order valence-corrected chi connectivity index (χ2v) is 6.79. The highest BCUT2D eigenvalue weighted by Gasteiger charge is 2.19. The Morgan fingerprint density at radius 1 is 0.960 bits per heavy atom. The number of imidazole rings is 1. The Hall–Kier alpha value is -1.87. The van der Waals surface area contributed by atoms with Gasteiger partial charge in [-0.15, -0.1) is 0 Å². The molecule has 0 radical (unpaired) electrons. The standard InChI is InChI=1S/C22H25N2.BrH/c1-2-3-4-7-12-23-13-14-24(17-23)20-10-11-22-19(16-20)15-18-8-5-6-9-21(18)22;/h5-6,8-11,13-14,16-17H,2-4,7,12,15H2,1H3;1H/q+1;/p-1. The lowest BCUT2D eigenvalue weighted by atomic mass is 10.1. The second-order valence-electron chi connectivity index (χ2n) is 6.79. The van der Waals surface area contributed by atoms with E-state index < -0.39 is 0 Å². The van der Waals surface area contributed by atoms with Crippen LogP contribution in [0.2, 0.25) is 0 Å². The highest BCUT2D eigenvalue weighted by molar-refractivity contribution is 5.77. The van der Waals surface area contributed by atoms with Gasteiger partial charge in [0.25, 0.3) is 0 Å². The Bertz CT molecular complexity index is 851. The molecular formula is C22H25BrN2. The van der Waals surface area contributed by atoms with E-state index in [4.69, 9.17) is 0 Å². The van der Waals surface area contributed by atoms with Crippen molar-refractivity contribution in [2.45, 2.75) is 45.6 Å². The lowest BCUT2D eigenvalue weighted by Gasteiger charge is -2.02. The highest BCUT2D eigenvalue weighted by Crippen LogP contribution is 2.37. The van der Waals surface area contributed by atoms with Gasteiger partial charge in [-0.2, -0.15) is 0 Å². The summed E-state index contributed by atoms with van der Waals surface area (Å²) in [7, 11) is 0. The molecule has 130 valence electrons. The molecule has 0 aliphatic heterocycles. The molecule has 1 aliphatic carbocycles. The minimum atomic E-state index is 0. The quantitative estimate of drug-likeness (QED) is 0.347. The summed E-state index contributed by atoms with van der Waals surface area (Å²) < 4.78 is 4.54. The van der Waals surface area contributed by atoms with Crippen molar-refractivity contribution in [2.75, 3.05) is 0 Å². The summed E-state index contributed by atoms with van der Waals surface area (Å²) >= 11 is 0. The van der Waals surface area contributed by atoms with Crippen molar-refractivity contribution in [1.29, 1.82) is 0 Å². The van der Waals surface area contributed by atoms with Gasteiger partial charge in [0.1, 0.15) is 18.1 Å². The summed E-state index contributed by atoms with van der Waals surface area (Å²) in [5.41, 5.74) is 6.94. The van der Waals surface area contributed by atoms with Crippen molar-refractivity contribution in [3.8, 4) is 16.8 Å². The molecular weight excluding hydrogens is 372 g/mol. The van der Waals surface area contributed by atoms with Crippen LogP contribution in [0.15, 0.2) is 61.2 Å². The highest BCUT2D eigenvalue weighted by atomic mass is 79.9. The topological polar surface area (TPSA) is 8.81 Å². The van der Waals surface area contributed by atoms with E-state index in [1.807, 2.05) is 0 Å². The third-order valence-electron chi connectivity index (χ3n) is 5.04. The Labute approximate surface area is 160 Å². The van der Waals surface area contributed by atoms with Crippen molar-refractivity contribution >= 4 is 0 Å². The molecule has 0 fully saturated rings. The zero-order valence-electron chi connectivity index (χ0n) is 14.8. The van der Waals surface area contributed by atoms with E-state index in [0.29, 0.717) is 0 Å². The lowest BCUT2D eigenvalue weighted by molar-refractivity contribution is -0.696. The van der Waals surface area contributed by atoms with E-state index in [9.17, 15) is 0 Å². The van der Waals surface area contributed by atoms with Gasteiger partial charge in [0, 0.05) is 0 Å². The van der Waals surface area contributed by atoms with Crippen LogP contribution in [0.1, 0.15) is 43.7 Å². The summed E-state index contributed by atoms with van der Waals surface area (Å²) in [6.45, 7) is 3.37. The van der Waals surface area contributed by atoms with Gasteiger partial charge < -0.3 is 17.0 Å². The van der Waals surface area contributed by atoms with Gasteiger partial charge in [-0.05, 0) is 59.7 Å². The third-order valence-corrected chi connectivity index (χ3v) is 5.04. The number of hydrogen-bond donors (Lipinski definition) is 0. The van der Waals surface area contributed by atoms with Gasteiger partial charge >= 0.3 is 0 Å². The van der Waals surface area contributed by atoms with Crippen LogP contribution < -0.4 is 21.5 Å². The molecule has 1 aromatic heterocycles. The molecule has 0 saturated carbocycles. The predicted molar refractivity (Wildman–Crippen MR) is 98.3 cm³/mol. The molecule has 1 aliphatic rings. The number of hydrogen-bond acceptors (Lipinski definition) is 0. The van der Waals surface area contributed by atoms with Gasteiger partial charge in [0.15, 0.2) is 0 Å². The van der Waals surface area contributed by atoms with E-state index in [1.54, 1.807) is 0 Å². The smallest absolute Gasteiger partial charge is 0.248 e. The SMILES string of the molecule is CCCCCC[n+]1ccn(-c2ccc3c(c2)Cc2ccccc2-3)c1.[Br-]. The van der Waals surface area contributed by atoms with E-state index in [-0.39, 0.29) is 17.0 Å².